The van der Waals surface area contributed by atoms with Gasteiger partial charge in [-0.25, -0.2) is 0 Å². The van der Waals surface area contributed by atoms with E-state index in [0.29, 0.717) is 0 Å². The molecule has 5 heterocycles. The van der Waals surface area contributed by atoms with Gasteiger partial charge in [0, 0.05) is 57.0 Å². The van der Waals surface area contributed by atoms with Gasteiger partial charge in [-0.2, -0.15) is 12.6 Å². The van der Waals surface area contributed by atoms with Crippen molar-refractivity contribution >= 4 is 125 Å². The van der Waals surface area contributed by atoms with Gasteiger partial charge in [0.25, 0.3) is 0 Å². The van der Waals surface area contributed by atoms with Gasteiger partial charge in [0.2, 0.25) is 22.8 Å². The molecular formula is C57H113K3N6O8S6. The van der Waals surface area contributed by atoms with Crippen molar-refractivity contribution < 1.29 is 197 Å². The number of hydrogen-bond acceptors (Lipinski definition) is 15. The van der Waals surface area contributed by atoms with Crippen LogP contribution in [0.3, 0.4) is 0 Å². The molecule has 80 heavy (non-hydrogen) atoms. The summed E-state index contributed by atoms with van der Waals surface area (Å²) in [5.41, 5.74) is 18.6. The normalized spacial score (nSPS) is 8.39. The maximum atomic E-state index is 9.44. The fraction of sp³-hybridized carbons (Fsp3) is 0.614. The van der Waals surface area contributed by atoms with Gasteiger partial charge in [0.05, 0.1) is 33.7 Å². The van der Waals surface area contributed by atoms with Crippen molar-refractivity contribution in [2.24, 2.45) is 22.9 Å². The van der Waals surface area contributed by atoms with Crippen LogP contribution in [0.2, 0.25) is 0 Å². The Labute approximate surface area is 646 Å². The van der Waals surface area contributed by atoms with Crippen molar-refractivity contribution in [3.8, 4) is 10.8 Å². The molecule has 5 aromatic heterocycles. The maximum Gasteiger partial charge on any atom is 1.00 e. The number of ether oxygens (including phenoxy) is 2. The number of amides is 3. The van der Waals surface area contributed by atoms with E-state index in [1.54, 1.807) is 14.2 Å². The van der Waals surface area contributed by atoms with Crippen LogP contribution in [0.4, 0.5) is 0 Å². The molecule has 0 atom stereocenters. The van der Waals surface area contributed by atoms with Gasteiger partial charge in [-0.1, -0.05) is 102 Å². The monoisotopic (exact) mass is 1320 g/mol. The molecule has 0 spiro atoms. The topological polar surface area (TPSA) is 235 Å². The minimum atomic E-state index is -0.333. The Bertz CT molecular complexity index is 1920. The van der Waals surface area contributed by atoms with Crippen molar-refractivity contribution in [2.75, 3.05) is 38.0 Å². The molecule has 0 fully saturated rings. The van der Waals surface area contributed by atoms with Crippen LogP contribution in [0.5, 0.6) is 10.8 Å². The van der Waals surface area contributed by atoms with Crippen LogP contribution in [-0.4, -0.2) is 82.2 Å². The number of hydrogen-bond donors (Lipinski definition) is 5. The Hall–Kier alpha value is 1.12. The van der Waals surface area contributed by atoms with Gasteiger partial charge in [0.1, 0.15) is 17.3 Å². The molecule has 0 aliphatic carbocycles. The van der Waals surface area contributed by atoms with E-state index in [4.69, 9.17) is 15.2 Å². The molecule has 0 saturated carbocycles. The Balaban J connectivity index is -0.0000000495. The molecule has 0 aromatic carbocycles. The fourth-order valence-corrected chi connectivity index (χ4v) is 9.33. The summed E-state index contributed by atoms with van der Waals surface area (Å²) in [5, 5.41) is 13.0. The molecule has 0 saturated heterocycles. The predicted molar refractivity (Wildman–Crippen MR) is 354 cm³/mol. The summed E-state index contributed by atoms with van der Waals surface area (Å²) in [5.74, 6) is 3.57. The van der Waals surface area contributed by atoms with Crippen molar-refractivity contribution in [1.82, 2.24) is 9.13 Å². The molecular weight excluding hydrogens is 1210 g/mol. The van der Waals surface area contributed by atoms with E-state index >= 15 is 0 Å². The minimum Gasteiger partial charge on any atom is -1.00 e. The molecule has 14 nitrogen and oxygen atoms in total. The van der Waals surface area contributed by atoms with Gasteiger partial charge in [-0.05, 0) is 119 Å². The van der Waals surface area contributed by atoms with Gasteiger partial charge in [-0.15, -0.1) is 57.5 Å². The number of thioether (sulfide) groups is 2. The van der Waals surface area contributed by atoms with E-state index in [9.17, 15) is 28.8 Å². The van der Waals surface area contributed by atoms with Gasteiger partial charge < -0.3 is 60.2 Å². The fourth-order valence-electron chi connectivity index (χ4n) is 4.86. The molecule has 8 N–H and O–H groups in total. The van der Waals surface area contributed by atoms with Crippen LogP contribution in [-0.2, 0) is 41.9 Å². The van der Waals surface area contributed by atoms with Gasteiger partial charge >= 0.3 is 154 Å². The zero-order valence-corrected chi connectivity index (χ0v) is 65.5. The zero-order chi connectivity index (χ0) is 58.5. The number of ketones is 3. The number of nitrogens with zero attached hydrogens (tertiary/aromatic N) is 2. The largest absolute Gasteiger partial charge is 1.00 e. The van der Waals surface area contributed by atoms with Crippen LogP contribution in [0, 0.1) is 0 Å². The molecule has 0 aliphatic rings. The first-order valence-corrected chi connectivity index (χ1v) is 30.1. The van der Waals surface area contributed by atoms with Crippen LogP contribution < -0.4 is 187 Å². The number of thiol groups is 1. The van der Waals surface area contributed by atoms with Crippen LogP contribution in [0.1, 0.15) is 188 Å². The summed E-state index contributed by atoms with van der Waals surface area (Å²) in [6.45, 7) is 29.4. The Morgan fingerprint density at radius 1 is 0.550 bits per heavy atom. The Kier molecular flexibility index (Phi) is 109. The van der Waals surface area contributed by atoms with E-state index in [2.05, 4.69) is 109 Å². The number of rotatable bonds is 17. The third-order valence-corrected chi connectivity index (χ3v) is 12.1. The quantitative estimate of drug-likeness (QED) is 0.0267. The average molecular weight is 1320 g/mol. The number of fused-ring (bicyclic) bond motifs is 2. The van der Waals surface area contributed by atoms with Crippen LogP contribution >= 0.6 is 70.2 Å². The number of thiophene rings is 3. The number of nitrogens with two attached hydrogens (primary N) is 4. The van der Waals surface area contributed by atoms with Crippen molar-refractivity contribution in [2.45, 2.75) is 207 Å². The number of aryl methyl sites for hydroxylation is 2. The second-order valence-corrected chi connectivity index (χ2v) is 21.7. The summed E-state index contributed by atoms with van der Waals surface area (Å²) >= 11 is 13.0. The molecule has 0 bridgehead atoms. The standard InChI is InChI=1S/2C13H19NS2.C6H8O2S.C5H13N.3C3H6O.3C2H5NO.C2H6S.3CH4.3K.3H/c1-3-5-6-8-14-10-12-11(7-9-16-12)13(14)15-4-2;1-3-5-6-8-14-10-11-7-9-16-12(11)13(14)15-4-2;1-7-5-3-4-9-6(5)8-2;1-2-3-4-5-6;3*1-3(2)4;3*1-2(3)4;1-2-3;;;;;;;;;/h2*7,9-10H,3-6,8H2,1-2H3;3-4H,1-2H3;2-6H2,1H3;3*1-2H3;3*1H3,(H2,3,4);3H,2H2,1H3;3*1H4;;;;;;/q;;;;;;;;;;;;;;3*+1;3*-1. The first kappa shape index (κ1) is 109. The minimum absolute atomic E-state index is 0. The van der Waals surface area contributed by atoms with E-state index < -0.39 is 0 Å². The predicted octanol–water partition coefficient (Wildman–Crippen LogP) is 7.37. The Morgan fingerprint density at radius 2 is 0.900 bits per heavy atom. The first-order valence-electron chi connectivity index (χ1n) is 24.9. The number of aromatic nitrogens is 2. The summed E-state index contributed by atoms with van der Waals surface area (Å²) in [6, 6.07) is 6.37. The van der Waals surface area contributed by atoms with Crippen LogP contribution in [0.15, 0.2) is 56.8 Å². The van der Waals surface area contributed by atoms with Crippen molar-refractivity contribution in [1.29, 1.82) is 0 Å². The second-order valence-electron chi connectivity index (χ2n) is 15.8. The number of primary amides is 3. The maximum absolute atomic E-state index is 9.44. The summed E-state index contributed by atoms with van der Waals surface area (Å²) in [6.07, 6.45) is 16.3. The van der Waals surface area contributed by atoms with Gasteiger partial charge in [0.15, 0.2) is 5.75 Å². The van der Waals surface area contributed by atoms with Crippen molar-refractivity contribution in [3.63, 3.8) is 0 Å². The number of carbonyl (C=O) groups excluding carboxylic acids is 6. The van der Waals surface area contributed by atoms with E-state index in [0.717, 1.165) is 34.6 Å². The molecule has 458 valence electrons. The Morgan fingerprint density at radius 3 is 1.23 bits per heavy atom. The summed E-state index contributed by atoms with van der Waals surface area (Å²) in [7, 11) is 3.26. The van der Waals surface area contributed by atoms with Crippen LogP contribution in [0.25, 0.3) is 20.2 Å². The third-order valence-electron chi connectivity index (χ3n) is 7.28. The first-order chi connectivity index (χ1) is 34.8. The molecule has 0 radical (unpaired) electrons. The zero-order valence-electron chi connectivity index (χ0n) is 54.2. The SMILES string of the molecule is C.C.C.CC(C)=O.CC(C)=O.CC(C)=O.CC(N)=O.CC(N)=O.CC(N)=O.CCCCCN.CCCCCn1cc2ccsc2c1SCC.CCCCCn1cc2sccc2c1SCC.CCS.COc1ccsc1OC.[H-].[H-].[H-].[K+].[K+].[K+]. The number of carbonyl (C=O) groups is 6. The summed E-state index contributed by atoms with van der Waals surface area (Å²) < 4.78 is 17.7. The molecule has 23 heteroatoms. The molecule has 5 rings (SSSR count). The molecule has 5 aromatic rings. The smallest absolute Gasteiger partial charge is 1.00 e. The number of unbranched alkanes of at least 4 members (excludes halogenated alkanes) is 6. The molecule has 3 amide bonds. The summed E-state index contributed by atoms with van der Waals surface area (Å²) in [4.78, 5) is 56.0. The molecule has 0 unspecified atom stereocenters. The van der Waals surface area contributed by atoms with E-state index in [1.165, 1.54) is 175 Å². The third kappa shape index (κ3) is 79.1. The van der Waals surface area contributed by atoms with Crippen molar-refractivity contribution in [3.05, 3.63) is 46.7 Å². The average Bonchev–Trinajstić information content (AvgIpc) is 4.14. The number of Topliss-reactive ketones (excluding diaryl/α,β-unsaturated/α-hetero) is 3. The number of methoxy groups -OCH3 is 2. The van der Waals surface area contributed by atoms with E-state index in [-0.39, 0.29) is 216 Å². The second kappa shape index (κ2) is 80.1. The van der Waals surface area contributed by atoms with Gasteiger partial charge in [-0.3, -0.25) is 14.4 Å². The molecule has 0 aliphatic heterocycles. The van der Waals surface area contributed by atoms with E-state index in [1.807, 2.05) is 64.6 Å².